The molecule has 0 spiro atoms. The van der Waals surface area contributed by atoms with Gasteiger partial charge < -0.3 is 14.9 Å². The Balaban J connectivity index is 2.51. The van der Waals surface area contributed by atoms with Gasteiger partial charge in [-0.1, -0.05) is 12.1 Å². The SMILES string of the molecule is COc1ccccc1C(=O)c1cc(O)ccc1O. The summed E-state index contributed by atoms with van der Waals surface area (Å²) in [7, 11) is 1.47. The summed E-state index contributed by atoms with van der Waals surface area (Å²) in [4.78, 5) is 12.2. The summed E-state index contributed by atoms with van der Waals surface area (Å²) in [6, 6.07) is 10.5. The van der Waals surface area contributed by atoms with E-state index in [1.54, 1.807) is 24.3 Å². The van der Waals surface area contributed by atoms with E-state index in [2.05, 4.69) is 0 Å². The zero-order valence-electron chi connectivity index (χ0n) is 9.75. The number of para-hydroxylation sites is 1. The molecule has 0 saturated carbocycles. The molecule has 0 fully saturated rings. The van der Waals surface area contributed by atoms with Crippen molar-refractivity contribution in [1.82, 2.24) is 0 Å². The maximum Gasteiger partial charge on any atom is 0.200 e. The number of phenols is 2. The van der Waals surface area contributed by atoms with Crippen molar-refractivity contribution >= 4 is 5.78 Å². The fourth-order valence-electron chi connectivity index (χ4n) is 1.68. The lowest BCUT2D eigenvalue weighted by atomic mass is 10.0. The Morgan fingerprint density at radius 3 is 2.50 bits per heavy atom. The third kappa shape index (κ3) is 2.13. The van der Waals surface area contributed by atoms with Gasteiger partial charge in [-0.2, -0.15) is 0 Å². The fourth-order valence-corrected chi connectivity index (χ4v) is 1.68. The van der Waals surface area contributed by atoms with Crippen molar-refractivity contribution in [3.05, 3.63) is 53.6 Å². The van der Waals surface area contributed by atoms with Gasteiger partial charge in [0.25, 0.3) is 0 Å². The summed E-state index contributed by atoms with van der Waals surface area (Å²) >= 11 is 0. The number of hydrogen-bond donors (Lipinski definition) is 2. The van der Waals surface area contributed by atoms with Crippen molar-refractivity contribution in [3.63, 3.8) is 0 Å². The molecule has 0 aliphatic rings. The molecular weight excluding hydrogens is 232 g/mol. The van der Waals surface area contributed by atoms with E-state index < -0.39 is 5.78 Å². The number of ether oxygens (including phenoxy) is 1. The number of carbonyl (C=O) groups is 1. The highest BCUT2D eigenvalue weighted by molar-refractivity contribution is 6.12. The molecule has 4 nitrogen and oxygen atoms in total. The van der Waals surface area contributed by atoms with Crippen LogP contribution in [0.2, 0.25) is 0 Å². The quantitative estimate of drug-likeness (QED) is 0.642. The smallest absolute Gasteiger partial charge is 0.200 e. The van der Waals surface area contributed by atoms with Crippen molar-refractivity contribution in [2.24, 2.45) is 0 Å². The molecule has 0 unspecified atom stereocenters. The minimum absolute atomic E-state index is 0.0412. The second kappa shape index (κ2) is 4.79. The predicted molar refractivity (Wildman–Crippen MR) is 66.2 cm³/mol. The average Bonchev–Trinajstić information content (AvgIpc) is 2.40. The van der Waals surface area contributed by atoms with Crippen LogP contribution in [0.25, 0.3) is 0 Å². The molecule has 0 aliphatic heterocycles. The number of rotatable bonds is 3. The molecule has 4 heteroatoms. The van der Waals surface area contributed by atoms with E-state index in [-0.39, 0.29) is 17.1 Å². The summed E-state index contributed by atoms with van der Waals surface area (Å²) in [6.07, 6.45) is 0. The lowest BCUT2D eigenvalue weighted by Crippen LogP contribution is -2.04. The highest BCUT2D eigenvalue weighted by Crippen LogP contribution is 2.28. The number of aromatic hydroxyl groups is 2. The number of hydrogen-bond acceptors (Lipinski definition) is 4. The molecule has 2 aromatic rings. The maximum absolute atomic E-state index is 12.2. The van der Waals surface area contributed by atoms with Crippen LogP contribution < -0.4 is 4.74 Å². The number of methoxy groups -OCH3 is 1. The van der Waals surface area contributed by atoms with Crippen molar-refractivity contribution in [2.75, 3.05) is 7.11 Å². The number of phenolic OH excluding ortho intramolecular Hbond substituents is 2. The van der Waals surface area contributed by atoms with Crippen LogP contribution in [-0.2, 0) is 0 Å². The van der Waals surface area contributed by atoms with Gasteiger partial charge >= 0.3 is 0 Å². The van der Waals surface area contributed by atoms with Crippen LogP contribution in [0.1, 0.15) is 15.9 Å². The number of benzene rings is 2. The van der Waals surface area contributed by atoms with E-state index in [0.29, 0.717) is 11.3 Å². The Hall–Kier alpha value is -2.49. The van der Waals surface area contributed by atoms with Crippen molar-refractivity contribution in [1.29, 1.82) is 0 Å². The molecule has 0 saturated heterocycles. The first-order valence-corrected chi connectivity index (χ1v) is 5.33. The minimum Gasteiger partial charge on any atom is -0.508 e. The fraction of sp³-hybridized carbons (Fsp3) is 0.0714. The van der Waals surface area contributed by atoms with Crippen LogP contribution in [0, 0.1) is 0 Å². The molecular formula is C14H12O4. The van der Waals surface area contributed by atoms with Crippen LogP contribution in [0.15, 0.2) is 42.5 Å². The van der Waals surface area contributed by atoms with E-state index in [0.717, 1.165) is 0 Å². The zero-order chi connectivity index (χ0) is 13.1. The van der Waals surface area contributed by atoms with Gasteiger partial charge in [0.15, 0.2) is 0 Å². The average molecular weight is 244 g/mol. The largest absolute Gasteiger partial charge is 0.508 e. The first-order chi connectivity index (χ1) is 8.63. The van der Waals surface area contributed by atoms with Crippen LogP contribution in [0.5, 0.6) is 17.2 Å². The Morgan fingerprint density at radius 2 is 1.78 bits per heavy atom. The first kappa shape index (κ1) is 12.0. The first-order valence-electron chi connectivity index (χ1n) is 5.33. The van der Waals surface area contributed by atoms with Gasteiger partial charge in [-0.15, -0.1) is 0 Å². The minimum atomic E-state index is -0.402. The molecule has 0 radical (unpaired) electrons. The van der Waals surface area contributed by atoms with Crippen LogP contribution >= 0.6 is 0 Å². The number of carbonyl (C=O) groups excluding carboxylic acids is 1. The van der Waals surface area contributed by atoms with E-state index in [4.69, 9.17) is 4.74 Å². The maximum atomic E-state index is 12.2. The third-order valence-corrected chi connectivity index (χ3v) is 2.58. The van der Waals surface area contributed by atoms with Crippen molar-refractivity contribution in [2.45, 2.75) is 0 Å². The van der Waals surface area contributed by atoms with Gasteiger partial charge in [0.2, 0.25) is 5.78 Å². The molecule has 92 valence electrons. The second-order valence-electron chi connectivity index (χ2n) is 3.73. The van der Waals surface area contributed by atoms with Gasteiger partial charge in [0.1, 0.15) is 17.2 Å². The molecule has 0 aromatic heterocycles. The molecule has 0 aliphatic carbocycles. The topological polar surface area (TPSA) is 66.8 Å². The molecule has 2 rings (SSSR count). The summed E-state index contributed by atoms with van der Waals surface area (Å²) < 4.78 is 5.09. The van der Waals surface area contributed by atoms with Gasteiger partial charge in [0.05, 0.1) is 18.2 Å². The van der Waals surface area contributed by atoms with E-state index in [9.17, 15) is 15.0 Å². The summed E-state index contributed by atoms with van der Waals surface area (Å²) in [5.41, 5.74) is 0.375. The van der Waals surface area contributed by atoms with Gasteiger partial charge in [-0.05, 0) is 30.3 Å². The monoisotopic (exact) mass is 244 g/mol. The molecule has 18 heavy (non-hydrogen) atoms. The third-order valence-electron chi connectivity index (χ3n) is 2.58. The van der Waals surface area contributed by atoms with Crippen LogP contribution in [-0.4, -0.2) is 23.1 Å². The lowest BCUT2D eigenvalue weighted by Gasteiger charge is -2.08. The Morgan fingerprint density at radius 1 is 1.06 bits per heavy atom. The summed E-state index contributed by atoms with van der Waals surface area (Å²) in [6.45, 7) is 0. The second-order valence-corrected chi connectivity index (χ2v) is 3.73. The standard InChI is InChI=1S/C14H12O4/c1-18-13-5-3-2-4-10(13)14(17)11-8-9(15)6-7-12(11)16/h2-8,15-16H,1H3. The summed E-state index contributed by atoms with van der Waals surface area (Å²) in [5, 5.41) is 19.0. The molecule has 2 N–H and O–H groups in total. The van der Waals surface area contributed by atoms with Gasteiger partial charge in [0, 0.05) is 0 Å². The van der Waals surface area contributed by atoms with E-state index in [1.165, 1.54) is 25.3 Å². The molecule has 0 bridgehead atoms. The van der Waals surface area contributed by atoms with Crippen molar-refractivity contribution in [3.8, 4) is 17.2 Å². The summed E-state index contributed by atoms with van der Waals surface area (Å²) in [5.74, 6) is -0.235. The van der Waals surface area contributed by atoms with Gasteiger partial charge in [-0.3, -0.25) is 4.79 Å². The lowest BCUT2D eigenvalue weighted by molar-refractivity contribution is 0.103. The number of ketones is 1. The predicted octanol–water partition coefficient (Wildman–Crippen LogP) is 2.34. The Bertz CT molecular complexity index is 590. The highest BCUT2D eigenvalue weighted by Gasteiger charge is 2.17. The highest BCUT2D eigenvalue weighted by atomic mass is 16.5. The molecule has 2 aromatic carbocycles. The van der Waals surface area contributed by atoms with Crippen LogP contribution in [0.4, 0.5) is 0 Å². The Labute approximate surface area is 104 Å². The zero-order valence-corrected chi connectivity index (χ0v) is 9.75. The molecule has 0 amide bonds. The van der Waals surface area contributed by atoms with E-state index >= 15 is 0 Å². The van der Waals surface area contributed by atoms with Crippen LogP contribution in [0.3, 0.4) is 0 Å². The molecule has 0 atom stereocenters. The van der Waals surface area contributed by atoms with Gasteiger partial charge in [-0.25, -0.2) is 0 Å². The van der Waals surface area contributed by atoms with E-state index in [1.807, 2.05) is 0 Å². The normalized spacial score (nSPS) is 10.1. The van der Waals surface area contributed by atoms with Crippen molar-refractivity contribution < 1.29 is 19.7 Å². The molecule has 0 heterocycles. The Kier molecular flexibility index (Phi) is 3.19.